The van der Waals surface area contributed by atoms with Gasteiger partial charge in [0.05, 0.1) is 6.54 Å². The van der Waals surface area contributed by atoms with Crippen molar-refractivity contribution in [3.8, 4) is 5.88 Å². The first-order valence-corrected chi connectivity index (χ1v) is 9.97. The maximum absolute atomic E-state index is 6.26. The Labute approximate surface area is 188 Å². The van der Waals surface area contributed by atoms with Crippen LogP contribution in [0.4, 0.5) is 5.95 Å². The first-order valence-electron chi connectivity index (χ1n) is 9.97. The summed E-state index contributed by atoms with van der Waals surface area (Å²) in [6, 6.07) is 5.76. The lowest BCUT2D eigenvalue weighted by molar-refractivity contribution is 0.199. The van der Waals surface area contributed by atoms with Crippen molar-refractivity contribution in [1.29, 1.82) is 0 Å². The summed E-state index contributed by atoms with van der Waals surface area (Å²) in [6.07, 6.45) is 10.3. The predicted molar refractivity (Wildman–Crippen MR) is 124 cm³/mol. The van der Waals surface area contributed by atoms with Gasteiger partial charge < -0.3 is 20.3 Å². The lowest BCUT2D eigenvalue weighted by Gasteiger charge is -2.35. The van der Waals surface area contributed by atoms with Crippen LogP contribution in [0.5, 0.6) is 5.88 Å². The van der Waals surface area contributed by atoms with E-state index in [0.29, 0.717) is 18.4 Å². The fourth-order valence-electron chi connectivity index (χ4n) is 3.67. The largest absolute Gasteiger partial charge is 0.474 e. The molecule has 9 heteroatoms. The molecule has 2 aromatic heterocycles. The molecular formula is C20H28IN7O. The van der Waals surface area contributed by atoms with Gasteiger partial charge in [-0.05, 0) is 37.8 Å². The van der Waals surface area contributed by atoms with E-state index in [-0.39, 0.29) is 30.1 Å². The number of anilines is 1. The Kier molecular flexibility index (Phi) is 7.84. The minimum absolute atomic E-state index is 0. The minimum Gasteiger partial charge on any atom is -0.474 e. The van der Waals surface area contributed by atoms with E-state index in [1.165, 1.54) is 12.8 Å². The van der Waals surface area contributed by atoms with Crippen LogP contribution < -0.4 is 15.4 Å². The predicted octanol–water partition coefficient (Wildman–Crippen LogP) is 2.45. The molecule has 1 aliphatic heterocycles. The maximum atomic E-state index is 6.26. The third-order valence-corrected chi connectivity index (χ3v) is 5.28. The Balaban J connectivity index is 0.00000240. The van der Waals surface area contributed by atoms with Crippen molar-refractivity contribution in [3.05, 3.63) is 42.4 Å². The van der Waals surface area contributed by atoms with Gasteiger partial charge in [0.2, 0.25) is 11.8 Å². The van der Waals surface area contributed by atoms with Crippen LogP contribution in [-0.4, -0.2) is 58.1 Å². The molecule has 0 aromatic carbocycles. The van der Waals surface area contributed by atoms with E-state index >= 15 is 0 Å². The Bertz CT molecular complexity index is 790. The van der Waals surface area contributed by atoms with Crippen molar-refractivity contribution in [2.24, 2.45) is 10.7 Å². The highest BCUT2D eigenvalue weighted by Gasteiger charge is 2.21. The molecule has 8 nitrogen and oxygen atoms in total. The summed E-state index contributed by atoms with van der Waals surface area (Å²) in [5.74, 6) is 2.02. The Morgan fingerprint density at radius 3 is 2.45 bits per heavy atom. The van der Waals surface area contributed by atoms with Gasteiger partial charge in [-0.3, -0.25) is 0 Å². The quantitative estimate of drug-likeness (QED) is 0.376. The highest BCUT2D eigenvalue weighted by molar-refractivity contribution is 14.0. The number of hydrogen-bond donors (Lipinski definition) is 1. The smallest absolute Gasteiger partial charge is 0.225 e. The molecule has 2 aromatic rings. The third-order valence-electron chi connectivity index (χ3n) is 5.28. The van der Waals surface area contributed by atoms with Crippen LogP contribution in [0.15, 0.2) is 41.8 Å². The molecule has 0 amide bonds. The number of aliphatic imine (C=N–C) groups is 1. The Morgan fingerprint density at radius 1 is 1.03 bits per heavy atom. The van der Waals surface area contributed by atoms with Crippen LogP contribution >= 0.6 is 24.0 Å². The first kappa shape index (κ1) is 21.5. The summed E-state index contributed by atoms with van der Waals surface area (Å²) >= 11 is 0. The number of ether oxygens (including phenoxy) is 1. The van der Waals surface area contributed by atoms with Crippen molar-refractivity contribution >= 4 is 35.9 Å². The molecule has 1 saturated heterocycles. The zero-order chi connectivity index (χ0) is 19.2. The Morgan fingerprint density at radius 2 is 1.72 bits per heavy atom. The highest BCUT2D eigenvalue weighted by atomic mass is 127. The zero-order valence-corrected chi connectivity index (χ0v) is 18.8. The monoisotopic (exact) mass is 509 g/mol. The second-order valence-electron chi connectivity index (χ2n) is 7.19. The number of piperazine rings is 1. The summed E-state index contributed by atoms with van der Waals surface area (Å²) in [7, 11) is 0. The number of guanidine groups is 1. The van der Waals surface area contributed by atoms with Crippen LogP contribution in [0.25, 0.3) is 0 Å². The molecular weight excluding hydrogens is 481 g/mol. The van der Waals surface area contributed by atoms with Crippen LogP contribution in [0, 0.1) is 0 Å². The van der Waals surface area contributed by atoms with E-state index in [0.717, 1.165) is 50.5 Å². The average molecular weight is 509 g/mol. The summed E-state index contributed by atoms with van der Waals surface area (Å²) in [6.45, 7) is 3.72. The van der Waals surface area contributed by atoms with Crippen LogP contribution in [-0.2, 0) is 6.54 Å². The van der Waals surface area contributed by atoms with Crippen molar-refractivity contribution in [2.45, 2.75) is 38.3 Å². The molecule has 0 spiro atoms. The number of rotatable bonds is 5. The summed E-state index contributed by atoms with van der Waals surface area (Å²) < 4.78 is 6.09. The fraction of sp³-hybridized carbons (Fsp3) is 0.500. The van der Waals surface area contributed by atoms with Crippen molar-refractivity contribution in [3.63, 3.8) is 0 Å². The summed E-state index contributed by atoms with van der Waals surface area (Å²) in [5.41, 5.74) is 7.24. The molecule has 2 fully saturated rings. The van der Waals surface area contributed by atoms with Gasteiger partial charge in [0.1, 0.15) is 6.10 Å². The number of nitrogens with zero attached hydrogens (tertiary/aromatic N) is 6. The van der Waals surface area contributed by atoms with Gasteiger partial charge in [-0.25, -0.2) is 19.9 Å². The molecule has 4 rings (SSSR count). The molecule has 2 aliphatic rings. The fourth-order valence-corrected chi connectivity index (χ4v) is 3.67. The molecule has 0 atom stereocenters. The number of hydrogen-bond acceptors (Lipinski definition) is 6. The number of halogens is 1. The number of pyridine rings is 1. The SMILES string of the molecule is I.NC(=NCc1cccnc1OC1CCCC1)N1CCN(c2ncccn2)CC1. The van der Waals surface area contributed by atoms with E-state index in [2.05, 4.69) is 29.7 Å². The van der Waals surface area contributed by atoms with Gasteiger partial charge in [0.15, 0.2) is 5.96 Å². The van der Waals surface area contributed by atoms with E-state index < -0.39 is 0 Å². The Hall–Kier alpha value is -2.17. The van der Waals surface area contributed by atoms with Crippen LogP contribution in [0.2, 0.25) is 0 Å². The number of nitrogens with two attached hydrogens (primary N) is 1. The van der Waals surface area contributed by atoms with Gasteiger partial charge in [0, 0.05) is 50.3 Å². The van der Waals surface area contributed by atoms with E-state index in [1.807, 2.05) is 18.2 Å². The van der Waals surface area contributed by atoms with E-state index in [9.17, 15) is 0 Å². The van der Waals surface area contributed by atoms with Crippen molar-refractivity contribution < 1.29 is 4.74 Å². The molecule has 0 radical (unpaired) electrons. The maximum Gasteiger partial charge on any atom is 0.225 e. The van der Waals surface area contributed by atoms with Gasteiger partial charge in [0.25, 0.3) is 0 Å². The van der Waals surface area contributed by atoms with Gasteiger partial charge in [-0.1, -0.05) is 6.07 Å². The molecule has 2 N–H and O–H groups in total. The van der Waals surface area contributed by atoms with E-state index in [1.54, 1.807) is 18.6 Å². The lowest BCUT2D eigenvalue weighted by Crippen LogP contribution is -2.51. The van der Waals surface area contributed by atoms with Crippen LogP contribution in [0.3, 0.4) is 0 Å². The molecule has 0 unspecified atom stereocenters. The first-order chi connectivity index (χ1) is 13.8. The molecule has 1 saturated carbocycles. The molecule has 29 heavy (non-hydrogen) atoms. The third kappa shape index (κ3) is 5.68. The zero-order valence-electron chi connectivity index (χ0n) is 16.5. The van der Waals surface area contributed by atoms with Crippen molar-refractivity contribution in [1.82, 2.24) is 19.9 Å². The lowest BCUT2D eigenvalue weighted by atomic mass is 10.2. The topological polar surface area (TPSA) is 92.8 Å². The standard InChI is InChI=1S/C20H27N7O.HI/c21-19(26-11-13-27(14-12-26)20-23-9-4-10-24-20)25-15-16-5-3-8-22-18(16)28-17-6-1-2-7-17;/h3-5,8-10,17H,1-2,6-7,11-15H2,(H2,21,25);1H. The molecule has 0 bridgehead atoms. The second kappa shape index (κ2) is 10.6. The molecule has 156 valence electrons. The van der Waals surface area contributed by atoms with Gasteiger partial charge in [-0.2, -0.15) is 0 Å². The van der Waals surface area contributed by atoms with Gasteiger partial charge >= 0.3 is 0 Å². The summed E-state index contributed by atoms with van der Waals surface area (Å²) in [4.78, 5) is 21.9. The van der Waals surface area contributed by atoms with Crippen LogP contribution in [0.1, 0.15) is 31.2 Å². The molecule has 3 heterocycles. The number of aromatic nitrogens is 3. The van der Waals surface area contributed by atoms with E-state index in [4.69, 9.17) is 10.5 Å². The van der Waals surface area contributed by atoms with Gasteiger partial charge in [-0.15, -0.1) is 24.0 Å². The highest BCUT2D eigenvalue weighted by Crippen LogP contribution is 2.25. The summed E-state index contributed by atoms with van der Waals surface area (Å²) in [5, 5.41) is 0. The molecule has 1 aliphatic carbocycles. The van der Waals surface area contributed by atoms with Crippen molar-refractivity contribution in [2.75, 3.05) is 31.1 Å². The average Bonchev–Trinajstić information content (AvgIpc) is 3.27. The second-order valence-corrected chi connectivity index (χ2v) is 7.19. The normalized spacial score (nSPS) is 17.9. The minimum atomic E-state index is 0.